The van der Waals surface area contributed by atoms with Crippen molar-refractivity contribution in [1.82, 2.24) is 15.5 Å². The Morgan fingerprint density at radius 2 is 1.79 bits per heavy atom. The highest BCUT2D eigenvalue weighted by Crippen LogP contribution is 2.28. The summed E-state index contributed by atoms with van der Waals surface area (Å²) < 4.78 is 11.5. The van der Waals surface area contributed by atoms with Crippen LogP contribution in [0.2, 0.25) is 5.02 Å². The van der Waals surface area contributed by atoms with Crippen LogP contribution in [0.3, 0.4) is 0 Å². The van der Waals surface area contributed by atoms with Crippen LogP contribution in [0.15, 0.2) is 42.5 Å². The fourth-order valence-electron chi connectivity index (χ4n) is 5.70. The smallest absolute Gasteiger partial charge is 0.310 e. The van der Waals surface area contributed by atoms with Crippen LogP contribution in [-0.4, -0.2) is 71.6 Å². The van der Waals surface area contributed by atoms with Gasteiger partial charge in [-0.15, -0.1) is 0 Å². The third-order valence-corrected chi connectivity index (χ3v) is 8.04. The molecule has 2 aromatic carbocycles. The van der Waals surface area contributed by atoms with Gasteiger partial charge in [0.1, 0.15) is 18.1 Å². The molecule has 3 N–H and O–H groups in total. The van der Waals surface area contributed by atoms with E-state index >= 15 is 0 Å². The van der Waals surface area contributed by atoms with Crippen molar-refractivity contribution >= 4 is 46.9 Å². The van der Waals surface area contributed by atoms with E-state index < -0.39 is 48.1 Å². The van der Waals surface area contributed by atoms with Crippen LogP contribution in [0.4, 0.5) is 5.69 Å². The van der Waals surface area contributed by atoms with Crippen molar-refractivity contribution in [3.8, 4) is 0 Å². The zero-order valence-electron chi connectivity index (χ0n) is 23.4. The Hall–Kier alpha value is -3.96. The standard InChI is InChI=1S/C30H33ClN4O7/c1-16(32-27(38)20-9-10-23(22(31)14-20)33-17(2)36)29(40)35-11-5-8-25(35)28(39)34-24-15-26(37)42-30(24)41-21-12-18-6-3-4-7-19(18)13-21/h3-4,6-7,9-10,14,16,21,24-25,30H,5,8,11-13,15H2,1-2H3,(H,32,38)(H,33,36)(H,34,39)/t16-,24?,25-,30?/m0/s1. The van der Waals surface area contributed by atoms with Gasteiger partial charge in [-0.3, -0.25) is 24.0 Å². The molecule has 2 aromatic rings. The normalized spacial score (nSPS) is 22.3. The van der Waals surface area contributed by atoms with Crippen LogP contribution < -0.4 is 16.0 Å². The van der Waals surface area contributed by atoms with Gasteiger partial charge < -0.3 is 30.3 Å². The Morgan fingerprint density at radius 1 is 1.07 bits per heavy atom. The second kappa shape index (κ2) is 12.5. The van der Waals surface area contributed by atoms with Gasteiger partial charge in [-0.25, -0.2) is 0 Å². The van der Waals surface area contributed by atoms with Gasteiger partial charge in [0.15, 0.2) is 0 Å². The van der Waals surface area contributed by atoms with Gasteiger partial charge in [0.25, 0.3) is 5.91 Å². The number of anilines is 1. The number of nitrogens with zero attached hydrogens (tertiary/aromatic N) is 1. The number of amides is 4. The van der Waals surface area contributed by atoms with Gasteiger partial charge in [-0.05, 0) is 61.9 Å². The average molecular weight is 597 g/mol. The highest BCUT2D eigenvalue weighted by molar-refractivity contribution is 6.34. The van der Waals surface area contributed by atoms with Crippen molar-refractivity contribution in [3.63, 3.8) is 0 Å². The molecule has 2 heterocycles. The fourth-order valence-corrected chi connectivity index (χ4v) is 5.93. The minimum atomic E-state index is -0.920. The Morgan fingerprint density at radius 3 is 2.45 bits per heavy atom. The molecule has 0 saturated carbocycles. The molecule has 11 nitrogen and oxygen atoms in total. The predicted octanol–water partition coefficient (Wildman–Crippen LogP) is 2.35. The number of halogens is 1. The summed E-state index contributed by atoms with van der Waals surface area (Å²) in [5.41, 5.74) is 2.97. The summed E-state index contributed by atoms with van der Waals surface area (Å²) in [7, 11) is 0. The summed E-state index contributed by atoms with van der Waals surface area (Å²) in [5.74, 6) is -2.08. The fraction of sp³-hybridized carbons (Fsp3) is 0.433. The molecule has 2 saturated heterocycles. The molecule has 0 radical (unpaired) electrons. The SMILES string of the molecule is CC(=O)Nc1ccc(C(=O)N[C@@H](C)C(=O)N2CCC[C@H]2C(=O)NC2CC(=O)OC2OC2Cc3ccccc3C2)cc1Cl. The van der Waals surface area contributed by atoms with Crippen molar-refractivity contribution in [1.29, 1.82) is 0 Å². The van der Waals surface area contributed by atoms with Crippen LogP contribution in [0.5, 0.6) is 0 Å². The molecular weight excluding hydrogens is 564 g/mol. The topological polar surface area (TPSA) is 143 Å². The molecule has 4 atom stereocenters. The molecule has 0 bridgehead atoms. The Labute approximate surface area is 248 Å². The number of hydrogen-bond donors (Lipinski definition) is 3. The van der Waals surface area contributed by atoms with Crippen molar-refractivity contribution in [2.24, 2.45) is 0 Å². The number of cyclic esters (lactones) is 1. The van der Waals surface area contributed by atoms with Gasteiger partial charge in [0.05, 0.1) is 23.2 Å². The highest BCUT2D eigenvalue weighted by Gasteiger charge is 2.42. The Bertz CT molecular complexity index is 1390. The summed E-state index contributed by atoms with van der Waals surface area (Å²) in [6.07, 6.45) is 1.37. The lowest BCUT2D eigenvalue weighted by atomic mass is 10.1. The molecule has 42 heavy (non-hydrogen) atoms. The first kappa shape index (κ1) is 29.5. The number of nitrogens with one attached hydrogen (secondary N) is 3. The molecular formula is C30H33ClN4O7. The molecule has 1 aliphatic carbocycles. The Balaban J connectivity index is 1.17. The van der Waals surface area contributed by atoms with Crippen LogP contribution in [0.25, 0.3) is 0 Å². The van der Waals surface area contributed by atoms with E-state index in [1.165, 1.54) is 41.1 Å². The van der Waals surface area contributed by atoms with Crippen LogP contribution in [0.1, 0.15) is 54.6 Å². The van der Waals surface area contributed by atoms with Crippen molar-refractivity contribution < 1.29 is 33.4 Å². The third-order valence-electron chi connectivity index (χ3n) is 7.73. The molecule has 4 amide bonds. The summed E-state index contributed by atoms with van der Waals surface area (Å²) in [5, 5.41) is 8.29. The van der Waals surface area contributed by atoms with Gasteiger partial charge in [0.2, 0.25) is 24.0 Å². The number of carbonyl (C=O) groups is 5. The number of hydrogen-bond acceptors (Lipinski definition) is 7. The summed E-state index contributed by atoms with van der Waals surface area (Å²) in [6.45, 7) is 3.25. The minimum absolute atomic E-state index is 0.0213. The predicted molar refractivity (Wildman–Crippen MR) is 153 cm³/mol. The van der Waals surface area contributed by atoms with E-state index in [2.05, 4.69) is 16.0 Å². The van der Waals surface area contributed by atoms with Gasteiger partial charge >= 0.3 is 5.97 Å². The largest absolute Gasteiger partial charge is 0.433 e. The summed E-state index contributed by atoms with van der Waals surface area (Å²) in [6, 6.07) is 10.1. The molecule has 0 spiro atoms. The Kier molecular flexibility index (Phi) is 8.79. The van der Waals surface area contributed by atoms with E-state index in [-0.39, 0.29) is 29.0 Å². The van der Waals surface area contributed by atoms with Crippen LogP contribution in [0, 0.1) is 0 Å². The van der Waals surface area contributed by atoms with Crippen molar-refractivity contribution in [2.75, 3.05) is 11.9 Å². The molecule has 222 valence electrons. The lowest BCUT2D eigenvalue weighted by Crippen LogP contribution is -2.54. The van der Waals surface area contributed by atoms with E-state index in [4.69, 9.17) is 21.1 Å². The zero-order valence-corrected chi connectivity index (χ0v) is 24.1. The number of carbonyl (C=O) groups excluding carboxylic acids is 5. The molecule has 2 fully saturated rings. The number of benzene rings is 2. The second-order valence-corrected chi connectivity index (χ2v) is 11.3. The molecule has 5 rings (SSSR count). The number of esters is 1. The maximum atomic E-state index is 13.3. The molecule has 3 aliphatic rings. The lowest BCUT2D eigenvalue weighted by molar-refractivity contribution is -0.175. The number of likely N-dealkylation sites (tertiary alicyclic amines) is 1. The lowest BCUT2D eigenvalue weighted by Gasteiger charge is -2.29. The van der Waals surface area contributed by atoms with E-state index in [0.717, 1.165) is 0 Å². The molecule has 2 aliphatic heterocycles. The van der Waals surface area contributed by atoms with E-state index in [1.807, 2.05) is 24.3 Å². The first-order valence-electron chi connectivity index (χ1n) is 14.0. The highest BCUT2D eigenvalue weighted by atomic mass is 35.5. The van der Waals surface area contributed by atoms with Gasteiger partial charge in [0, 0.05) is 19.0 Å². The molecule has 12 heteroatoms. The number of ether oxygens (including phenoxy) is 2. The number of rotatable bonds is 8. The average Bonchev–Trinajstić information content (AvgIpc) is 3.67. The van der Waals surface area contributed by atoms with Crippen molar-refractivity contribution in [3.05, 3.63) is 64.2 Å². The number of fused-ring (bicyclic) bond motifs is 1. The van der Waals surface area contributed by atoms with E-state index in [1.54, 1.807) is 6.92 Å². The van der Waals surface area contributed by atoms with Gasteiger partial charge in [-0.1, -0.05) is 35.9 Å². The first-order valence-corrected chi connectivity index (χ1v) is 14.4. The quantitative estimate of drug-likeness (QED) is 0.397. The maximum absolute atomic E-state index is 13.3. The minimum Gasteiger partial charge on any atom is -0.433 e. The maximum Gasteiger partial charge on any atom is 0.310 e. The van der Waals surface area contributed by atoms with E-state index in [9.17, 15) is 24.0 Å². The van der Waals surface area contributed by atoms with Crippen molar-refractivity contribution in [2.45, 2.75) is 76.5 Å². The van der Waals surface area contributed by atoms with E-state index in [0.29, 0.717) is 37.9 Å². The molecule has 0 aromatic heterocycles. The summed E-state index contributed by atoms with van der Waals surface area (Å²) >= 11 is 6.18. The van der Waals surface area contributed by atoms with Crippen LogP contribution in [-0.2, 0) is 41.5 Å². The van der Waals surface area contributed by atoms with Crippen LogP contribution >= 0.6 is 11.6 Å². The first-order chi connectivity index (χ1) is 20.1. The van der Waals surface area contributed by atoms with Gasteiger partial charge in [-0.2, -0.15) is 0 Å². The zero-order chi connectivity index (χ0) is 30.0. The molecule has 2 unspecified atom stereocenters. The third kappa shape index (κ3) is 6.57. The monoisotopic (exact) mass is 596 g/mol. The summed E-state index contributed by atoms with van der Waals surface area (Å²) in [4.78, 5) is 64.4. The second-order valence-electron chi connectivity index (χ2n) is 10.9.